The summed E-state index contributed by atoms with van der Waals surface area (Å²) in [4.78, 5) is 16.5. The summed E-state index contributed by atoms with van der Waals surface area (Å²) in [6.45, 7) is 6.16. The fourth-order valence-electron chi connectivity index (χ4n) is 1.66. The summed E-state index contributed by atoms with van der Waals surface area (Å²) in [6.07, 6.45) is 5.60. The largest absolute Gasteiger partial charge is 0.274 e. The first-order valence-corrected chi connectivity index (χ1v) is 6.40. The molecule has 0 radical (unpaired) electrons. The lowest BCUT2D eigenvalue weighted by molar-refractivity contribution is 0.0893. The van der Waals surface area contributed by atoms with Gasteiger partial charge in [0.05, 0.1) is 0 Å². The molecule has 0 bridgehead atoms. The van der Waals surface area contributed by atoms with Crippen LogP contribution >= 0.6 is 0 Å². The molecule has 1 aromatic rings. The highest BCUT2D eigenvalue weighted by Gasteiger charge is 2.04. The van der Waals surface area contributed by atoms with Gasteiger partial charge in [0.25, 0.3) is 0 Å². The molecule has 3 nitrogen and oxygen atoms in total. The summed E-state index contributed by atoms with van der Waals surface area (Å²) in [5, 5.41) is 0. The summed E-state index contributed by atoms with van der Waals surface area (Å²) in [7, 11) is 0. The van der Waals surface area contributed by atoms with Crippen molar-refractivity contribution in [2.24, 2.45) is 4.99 Å². The number of nitrogens with zero attached hydrogens (tertiary/aromatic N) is 2. The first kappa shape index (κ1) is 13.7. The molecule has 0 fully saturated rings. The van der Waals surface area contributed by atoms with Crippen molar-refractivity contribution in [1.82, 2.24) is 4.57 Å². The molecule has 3 heteroatoms. The van der Waals surface area contributed by atoms with Gasteiger partial charge in [-0.1, -0.05) is 25.8 Å². The second kappa shape index (κ2) is 7.05. The van der Waals surface area contributed by atoms with Crippen LogP contribution in [-0.2, 0) is 0 Å². The van der Waals surface area contributed by atoms with E-state index in [1.807, 2.05) is 32.0 Å². The van der Waals surface area contributed by atoms with Crippen LogP contribution in [-0.4, -0.2) is 16.5 Å². The second-order valence-electron chi connectivity index (χ2n) is 4.50. The summed E-state index contributed by atoms with van der Waals surface area (Å²) in [5.74, 6) is 0.137. The number of rotatable bonds is 5. The fraction of sp³-hybridized carbons (Fsp3) is 0.571. The highest BCUT2D eigenvalue weighted by atomic mass is 16.2. The molecule has 1 aromatic heterocycles. The van der Waals surface area contributed by atoms with E-state index >= 15 is 0 Å². The predicted molar refractivity (Wildman–Crippen MR) is 69.9 cm³/mol. The van der Waals surface area contributed by atoms with Crippen molar-refractivity contribution < 1.29 is 4.79 Å². The molecule has 0 spiro atoms. The lowest BCUT2D eigenvalue weighted by Crippen LogP contribution is -2.27. The SMILES string of the molecule is CCCCCC(=O)n1ccccc1=NC(C)C. The minimum Gasteiger partial charge on any atom is -0.274 e. The van der Waals surface area contributed by atoms with Crippen LogP contribution in [0.2, 0.25) is 0 Å². The molecule has 0 saturated carbocycles. The summed E-state index contributed by atoms with van der Waals surface area (Å²) < 4.78 is 1.66. The van der Waals surface area contributed by atoms with E-state index in [9.17, 15) is 4.79 Å². The van der Waals surface area contributed by atoms with Crippen molar-refractivity contribution in [3.63, 3.8) is 0 Å². The van der Waals surface area contributed by atoms with Crippen molar-refractivity contribution >= 4 is 5.91 Å². The number of hydrogen-bond donors (Lipinski definition) is 0. The Kier molecular flexibility index (Phi) is 5.67. The van der Waals surface area contributed by atoms with Gasteiger partial charge in [-0.25, -0.2) is 0 Å². The molecular weight excluding hydrogens is 212 g/mol. The number of carbonyl (C=O) groups is 1. The van der Waals surface area contributed by atoms with Crippen LogP contribution in [0.25, 0.3) is 0 Å². The first-order chi connectivity index (χ1) is 8.15. The Hall–Kier alpha value is -1.38. The molecule has 1 rings (SSSR count). The molecule has 0 aliphatic rings. The Morgan fingerprint density at radius 2 is 2.12 bits per heavy atom. The zero-order chi connectivity index (χ0) is 12.7. The molecular formula is C14H22N2O. The van der Waals surface area contributed by atoms with E-state index in [1.54, 1.807) is 10.8 Å². The average molecular weight is 234 g/mol. The number of pyridine rings is 1. The lowest BCUT2D eigenvalue weighted by atomic mass is 10.2. The summed E-state index contributed by atoms with van der Waals surface area (Å²) in [5.41, 5.74) is 0.754. The van der Waals surface area contributed by atoms with E-state index in [-0.39, 0.29) is 11.9 Å². The van der Waals surface area contributed by atoms with Crippen molar-refractivity contribution in [3.8, 4) is 0 Å². The van der Waals surface area contributed by atoms with E-state index in [0.717, 1.165) is 24.8 Å². The Morgan fingerprint density at radius 3 is 2.76 bits per heavy atom. The van der Waals surface area contributed by atoms with Crippen LogP contribution in [0.3, 0.4) is 0 Å². The molecule has 17 heavy (non-hydrogen) atoms. The van der Waals surface area contributed by atoms with Gasteiger partial charge in [0.2, 0.25) is 5.91 Å². The molecule has 0 N–H and O–H groups in total. The van der Waals surface area contributed by atoms with Gasteiger partial charge in [-0.2, -0.15) is 0 Å². The molecule has 0 aliphatic carbocycles. The van der Waals surface area contributed by atoms with Gasteiger partial charge in [-0.3, -0.25) is 14.4 Å². The van der Waals surface area contributed by atoms with E-state index < -0.39 is 0 Å². The fourth-order valence-corrected chi connectivity index (χ4v) is 1.66. The zero-order valence-electron chi connectivity index (χ0n) is 11.0. The van der Waals surface area contributed by atoms with Crippen LogP contribution < -0.4 is 5.49 Å². The standard InChI is InChI=1S/C14H22N2O/c1-4-5-6-10-14(17)16-11-8-7-9-13(16)15-12(2)3/h7-9,11-12H,4-6,10H2,1-3H3. The molecule has 0 atom stereocenters. The van der Waals surface area contributed by atoms with Gasteiger partial charge >= 0.3 is 0 Å². The van der Waals surface area contributed by atoms with Gasteiger partial charge in [0, 0.05) is 18.7 Å². The first-order valence-electron chi connectivity index (χ1n) is 6.40. The third-order valence-electron chi connectivity index (χ3n) is 2.49. The van der Waals surface area contributed by atoms with Gasteiger partial charge in [-0.15, -0.1) is 0 Å². The molecule has 0 amide bonds. The van der Waals surface area contributed by atoms with Crippen molar-refractivity contribution in [2.45, 2.75) is 52.5 Å². The topological polar surface area (TPSA) is 34.4 Å². The summed E-state index contributed by atoms with van der Waals surface area (Å²) in [6, 6.07) is 5.87. The van der Waals surface area contributed by atoms with Gasteiger partial charge in [-0.05, 0) is 32.4 Å². The Labute approximate surface area is 103 Å². The molecule has 1 heterocycles. The quantitative estimate of drug-likeness (QED) is 0.721. The Bertz CT molecular complexity index is 418. The summed E-state index contributed by atoms with van der Waals surface area (Å²) >= 11 is 0. The maximum Gasteiger partial charge on any atom is 0.232 e. The van der Waals surface area contributed by atoms with Crippen molar-refractivity contribution in [1.29, 1.82) is 0 Å². The van der Waals surface area contributed by atoms with Crippen LogP contribution in [0, 0.1) is 0 Å². The van der Waals surface area contributed by atoms with E-state index in [2.05, 4.69) is 11.9 Å². The minimum absolute atomic E-state index is 0.137. The smallest absolute Gasteiger partial charge is 0.232 e. The van der Waals surface area contributed by atoms with E-state index in [1.165, 1.54) is 0 Å². The van der Waals surface area contributed by atoms with Gasteiger partial charge in [0.15, 0.2) is 0 Å². The third kappa shape index (κ3) is 4.55. The number of unbranched alkanes of at least 4 members (excludes halogenated alkanes) is 2. The second-order valence-corrected chi connectivity index (χ2v) is 4.50. The third-order valence-corrected chi connectivity index (χ3v) is 2.49. The Balaban J connectivity index is 2.86. The molecule has 0 aromatic carbocycles. The monoisotopic (exact) mass is 234 g/mol. The molecule has 94 valence electrons. The highest BCUT2D eigenvalue weighted by Crippen LogP contribution is 2.00. The Morgan fingerprint density at radius 1 is 1.35 bits per heavy atom. The van der Waals surface area contributed by atoms with Gasteiger partial charge < -0.3 is 0 Å². The average Bonchev–Trinajstić information content (AvgIpc) is 2.29. The molecule has 0 unspecified atom stereocenters. The maximum absolute atomic E-state index is 12.0. The van der Waals surface area contributed by atoms with Gasteiger partial charge in [0.1, 0.15) is 5.49 Å². The molecule has 0 saturated heterocycles. The van der Waals surface area contributed by atoms with Crippen LogP contribution in [0.1, 0.15) is 51.2 Å². The predicted octanol–water partition coefficient (Wildman–Crippen LogP) is 3.02. The van der Waals surface area contributed by atoms with Crippen LogP contribution in [0.4, 0.5) is 0 Å². The number of hydrogen-bond acceptors (Lipinski definition) is 2. The number of aromatic nitrogens is 1. The lowest BCUT2D eigenvalue weighted by Gasteiger charge is -2.06. The maximum atomic E-state index is 12.0. The minimum atomic E-state index is 0.137. The number of carbonyl (C=O) groups excluding carboxylic acids is 1. The van der Waals surface area contributed by atoms with E-state index in [4.69, 9.17) is 0 Å². The molecule has 0 aliphatic heterocycles. The zero-order valence-corrected chi connectivity index (χ0v) is 11.0. The highest BCUT2D eigenvalue weighted by molar-refractivity contribution is 5.78. The van der Waals surface area contributed by atoms with Crippen molar-refractivity contribution in [3.05, 3.63) is 29.9 Å². The van der Waals surface area contributed by atoms with E-state index in [0.29, 0.717) is 6.42 Å². The van der Waals surface area contributed by atoms with Crippen LogP contribution in [0.15, 0.2) is 29.4 Å². The van der Waals surface area contributed by atoms with Crippen LogP contribution in [0.5, 0.6) is 0 Å². The van der Waals surface area contributed by atoms with Crippen molar-refractivity contribution in [2.75, 3.05) is 0 Å². The normalized spacial score (nSPS) is 12.1.